The number of rotatable bonds is 3. The third-order valence-electron chi connectivity index (χ3n) is 4.73. The number of nitrogens with zero attached hydrogens (tertiary/aromatic N) is 1. The molecule has 112 valence electrons. The lowest BCUT2D eigenvalue weighted by atomic mass is 10.00. The van der Waals surface area contributed by atoms with E-state index in [1.807, 2.05) is 26.0 Å². The quantitative estimate of drug-likeness (QED) is 0.865. The highest BCUT2D eigenvalue weighted by Crippen LogP contribution is 2.40. The van der Waals surface area contributed by atoms with Crippen LogP contribution < -0.4 is 5.73 Å². The normalized spacial score (nSPS) is 26.3. The Labute approximate surface area is 125 Å². The number of fused-ring (bicyclic) bond motifs is 1. The fraction of sp³-hybridized carbons (Fsp3) is 0.529. The van der Waals surface area contributed by atoms with Crippen LogP contribution in [-0.4, -0.2) is 23.3 Å². The van der Waals surface area contributed by atoms with Crippen LogP contribution in [0.4, 0.5) is 0 Å². The summed E-state index contributed by atoms with van der Waals surface area (Å²) in [7, 11) is 0. The van der Waals surface area contributed by atoms with Crippen molar-refractivity contribution in [2.24, 2.45) is 17.6 Å². The molecule has 4 nitrogen and oxygen atoms in total. The number of benzene rings is 1. The smallest absolute Gasteiger partial charge is 0.233 e. The predicted octanol–water partition coefficient (Wildman–Crippen LogP) is 2.09. The Hall–Kier alpha value is -1.68. The van der Waals surface area contributed by atoms with Gasteiger partial charge in [0.25, 0.3) is 0 Å². The fourth-order valence-electron chi connectivity index (χ4n) is 3.77. The number of nitrogens with two attached hydrogens (primary N) is 1. The summed E-state index contributed by atoms with van der Waals surface area (Å²) in [6.45, 7) is 4.35. The second-order valence-electron chi connectivity index (χ2n) is 6.46. The largest absolute Gasteiger partial charge is 0.322 e. The van der Waals surface area contributed by atoms with Gasteiger partial charge in [-0.2, -0.15) is 0 Å². The molecule has 2 N–H and O–H groups in total. The van der Waals surface area contributed by atoms with Crippen LogP contribution in [0.2, 0.25) is 0 Å². The maximum atomic E-state index is 12.3. The summed E-state index contributed by atoms with van der Waals surface area (Å²) in [6, 6.07) is 5.84. The van der Waals surface area contributed by atoms with Gasteiger partial charge in [0.05, 0.1) is 11.8 Å². The standard InChI is InChI=1S/C17H22N2O2/c1-10-6-11(2)8-12(7-10)15(18)9-19-16(20)13-4-3-5-14(13)17(19)21/h6-8,13-15H,3-5,9,18H2,1-2H3. The Bertz CT molecular complexity index is 554. The molecule has 0 radical (unpaired) electrons. The number of amides is 2. The van der Waals surface area contributed by atoms with Crippen LogP contribution in [0.25, 0.3) is 0 Å². The summed E-state index contributed by atoms with van der Waals surface area (Å²) in [6.07, 6.45) is 2.69. The summed E-state index contributed by atoms with van der Waals surface area (Å²) in [5.41, 5.74) is 9.53. The number of likely N-dealkylation sites (tertiary alicyclic amines) is 1. The van der Waals surface area contributed by atoms with E-state index in [9.17, 15) is 9.59 Å². The van der Waals surface area contributed by atoms with Gasteiger partial charge < -0.3 is 5.73 Å². The van der Waals surface area contributed by atoms with Crippen LogP contribution in [0.1, 0.15) is 42.0 Å². The van der Waals surface area contributed by atoms with Gasteiger partial charge in [-0.25, -0.2) is 0 Å². The van der Waals surface area contributed by atoms with Crippen molar-refractivity contribution >= 4 is 11.8 Å². The first-order chi connectivity index (χ1) is 9.97. The van der Waals surface area contributed by atoms with Gasteiger partial charge in [0.1, 0.15) is 0 Å². The monoisotopic (exact) mass is 286 g/mol. The van der Waals surface area contributed by atoms with E-state index in [2.05, 4.69) is 6.07 Å². The molecule has 4 heteroatoms. The van der Waals surface area contributed by atoms with E-state index >= 15 is 0 Å². The van der Waals surface area contributed by atoms with Crippen LogP contribution in [0.5, 0.6) is 0 Å². The molecule has 3 unspecified atom stereocenters. The predicted molar refractivity (Wildman–Crippen MR) is 80.4 cm³/mol. The Kier molecular flexibility index (Phi) is 3.57. The van der Waals surface area contributed by atoms with Gasteiger partial charge in [-0.05, 0) is 32.3 Å². The zero-order chi connectivity index (χ0) is 15.1. The van der Waals surface area contributed by atoms with E-state index in [0.717, 1.165) is 36.0 Å². The molecule has 1 aromatic carbocycles. The molecule has 1 saturated heterocycles. The van der Waals surface area contributed by atoms with Gasteiger partial charge in [-0.1, -0.05) is 35.7 Å². The van der Waals surface area contributed by atoms with Crippen LogP contribution in [0.15, 0.2) is 18.2 Å². The first-order valence-corrected chi connectivity index (χ1v) is 7.66. The minimum absolute atomic E-state index is 0.0117. The van der Waals surface area contributed by atoms with Gasteiger partial charge in [0.2, 0.25) is 11.8 Å². The molecular formula is C17H22N2O2. The van der Waals surface area contributed by atoms with E-state index in [1.165, 1.54) is 4.90 Å². The van der Waals surface area contributed by atoms with Crippen molar-refractivity contribution < 1.29 is 9.59 Å². The number of imide groups is 1. The third-order valence-corrected chi connectivity index (χ3v) is 4.73. The number of carbonyl (C=O) groups excluding carboxylic acids is 2. The number of hydrogen-bond donors (Lipinski definition) is 1. The average molecular weight is 286 g/mol. The molecule has 21 heavy (non-hydrogen) atoms. The van der Waals surface area contributed by atoms with Crippen molar-refractivity contribution in [1.29, 1.82) is 0 Å². The van der Waals surface area contributed by atoms with E-state index < -0.39 is 0 Å². The lowest BCUT2D eigenvalue weighted by Crippen LogP contribution is -2.37. The average Bonchev–Trinajstić information content (AvgIpc) is 2.97. The van der Waals surface area contributed by atoms with Gasteiger partial charge >= 0.3 is 0 Å². The Morgan fingerprint density at radius 1 is 1.10 bits per heavy atom. The number of carbonyl (C=O) groups is 2. The molecule has 1 saturated carbocycles. The topological polar surface area (TPSA) is 63.4 Å². The highest BCUT2D eigenvalue weighted by molar-refractivity contribution is 6.05. The Balaban J connectivity index is 1.77. The molecule has 3 rings (SSSR count). The molecule has 1 aromatic rings. The minimum Gasteiger partial charge on any atom is -0.322 e. The Morgan fingerprint density at radius 3 is 2.14 bits per heavy atom. The zero-order valence-electron chi connectivity index (χ0n) is 12.6. The summed E-state index contributed by atoms with van der Waals surface area (Å²) in [5, 5.41) is 0. The van der Waals surface area contributed by atoms with E-state index in [1.54, 1.807) is 0 Å². The van der Waals surface area contributed by atoms with Gasteiger partial charge in [0, 0.05) is 12.6 Å². The van der Waals surface area contributed by atoms with Crippen molar-refractivity contribution in [3.8, 4) is 0 Å². The van der Waals surface area contributed by atoms with Crippen molar-refractivity contribution in [2.75, 3.05) is 6.54 Å². The first-order valence-electron chi connectivity index (χ1n) is 7.66. The van der Waals surface area contributed by atoms with Gasteiger partial charge in [0.15, 0.2) is 0 Å². The summed E-state index contributed by atoms with van der Waals surface area (Å²) in [4.78, 5) is 26.1. The lowest BCUT2D eigenvalue weighted by Gasteiger charge is -2.21. The van der Waals surface area contributed by atoms with E-state index in [0.29, 0.717) is 6.54 Å². The maximum absolute atomic E-state index is 12.3. The SMILES string of the molecule is Cc1cc(C)cc(C(N)CN2C(=O)C3CCCC3C2=O)c1. The molecule has 0 bridgehead atoms. The summed E-state index contributed by atoms with van der Waals surface area (Å²) < 4.78 is 0. The van der Waals surface area contributed by atoms with Crippen molar-refractivity contribution in [3.05, 3.63) is 34.9 Å². The van der Waals surface area contributed by atoms with Crippen LogP contribution >= 0.6 is 0 Å². The summed E-state index contributed by atoms with van der Waals surface area (Å²) >= 11 is 0. The molecule has 1 heterocycles. The van der Waals surface area contributed by atoms with Crippen molar-refractivity contribution in [1.82, 2.24) is 4.90 Å². The third kappa shape index (κ3) is 2.48. The molecule has 1 aliphatic carbocycles. The zero-order valence-corrected chi connectivity index (χ0v) is 12.6. The van der Waals surface area contributed by atoms with Crippen LogP contribution in [-0.2, 0) is 9.59 Å². The van der Waals surface area contributed by atoms with E-state index in [4.69, 9.17) is 5.73 Å². The second kappa shape index (κ2) is 5.26. The van der Waals surface area contributed by atoms with Crippen molar-refractivity contribution in [3.63, 3.8) is 0 Å². The van der Waals surface area contributed by atoms with Crippen LogP contribution in [0.3, 0.4) is 0 Å². The lowest BCUT2D eigenvalue weighted by molar-refractivity contribution is -0.140. The second-order valence-corrected chi connectivity index (χ2v) is 6.46. The minimum atomic E-state index is -0.310. The molecule has 2 aliphatic rings. The molecular weight excluding hydrogens is 264 g/mol. The molecule has 2 amide bonds. The van der Waals surface area contributed by atoms with Gasteiger partial charge in [-0.3, -0.25) is 14.5 Å². The fourth-order valence-corrected chi connectivity index (χ4v) is 3.77. The highest BCUT2D eigenvalue weighted by Gasteiger charge is 2.49. The molecule has 1 aliphatic heterocycles. The highest BCUT2D eigenvalue weighted by atomic mass is 16.2. The number of aryl methyl sites for hydroxylation is 2. The van der Waals surface area contributed by atoms with E-state index in [-0.39, 0.29) is 29.7 Å². The maximum Gasteiger partial charge on any atom is 0.233 e. The molecule has 0 spiro atoms. The van der Waals surface area contributed by atoms with Crippen molar-refractivity contribution in [2.45, 2.75) is 39.2 Å². The van der Waals surface area contributed by atoms with Gasteiger partial charge in [-0.15, -0.1) is 0 Å². The number of hydrogen-bond acceptors (Lipinski definition) is 3. The molecule has 3 atom stereocenters. The molecule has 2 fully saturated rings. The Morgan fingerprint density at radius 2 is 1.62 bits per heavy atom. The summed E-state index contributed by atoms with van der Waals surface area (Å²) in [5.74, 6) is -0.183. The first kappa shape index (κ1) is 14.3. The molecule has 0 aromatic heterocycles. The van der Waals surface area contributed by atoms with Crippen LogP contribution in [0, 0.1) is 25.7 Å².